The Hall–Kier alpha value is -1.26. The van der Waals surface area contributed by atoms with Gasteiger partial charge in [-0.15, -0.1) is 0 Å². The van der Waals surface area contributed by atoms with E-state index in [0.717, 1.165) is 0 Å². The molecule has 0 aliphatic carbocycles. The Balaban J connectivity index is 2.47. The van der Waals surface area contributed by atoms with Crippen LogP contribution in [-0.4, -0.2) is 35.0 Å². The largest absolute Gasteiger partial charge is 0.481 e. The van der Waals surface area contributed by atoms with Crippen molar-refractivity contribution in [1.29, 1.82) is 5.41 Å². The zero-order valence-corrected chi connectivity index (χ0v) is 6.08. The van der Waals surface area contributed by atoms with Crippen LogP contribution in [0.5, 0.6) is 0 Å². The van der Waals surface area contributed by atoms with Crippen molar-refractivity contribution in [2.45, 2.75) is 6.42 Å². The SMILES string of the molecule is N=C(N)N1CCC(C(=O)O)C1. The van der Waals surface area contributed by atoms with Gasteiger partial charge < -0.3 is 15.7 Å². The highest BCUT2D eigenvalue weighted by Crippen LogP contribution is 2.14. The van der Waals surface area contributed by atoms with Gasteiger partial charge in [-0.05, 0) is 6.42 Å². The third-order valence-corrected chi connectivity index (χ3v) is 1.88. The molecule has 1 atom stereocenters. The molecule has 0 saturated carbocycles. The standard InChI is InChI=1S/C6H11N3O2/c7-6(8)9-2-1-4(3-9)5(10)11/h4H,1-3H2,(H3,7,8)(H,10,11). The Kier molecular flexibility index (Phi) is 1.98. The van der Waals surface area contributed by atoms with Crippen LogP contribution in [-0.2, 0) is 4.79 Å². The number of likely N-dealkylation sites (tertiary alicyclic amines) is 1. The number of hydrogen-bond acceptors (Lipinski definition) is 2. The van der Waals surface area contributed by atoms with Crippen LogP contribution in [0, 0.1) is 11.3 Å². The summed E-state index contributed by atoms with van der Waals surface area (Å²) in [6.07, 6.45) is 0.592. The summed E-state index contributed by atoms with van der Waals surface area (Å²) in [5, 5.41) is 15.6. The van der Waals surface area contributed by atoms with Gasteiger partial charge >= 0.3 is 5.97 Å². The normalized spacial score (nSPS) is 23.6. The van der Waals surface area contributed by atoms with Gasteiger partial charge in [-0.1, -0.05) is 0 Å². The number of nitrogens with one attached hydrogen (secondary N) is 1. The van der Waals surface area contributed by atoms with E-state index in [2.05, 4.69) is 0 Å². The highest BCUT2D eigenvalue weighted by molar-refractivity contribution is 5.77. The summed E-state index contributed by atoms with van der Waals surface area (Å²) in [6, 6.07) is 0. The molecule has 11 heavy (non-hydrogen) atoms. The molecule has 0 amide bonds. The summed E-state index contributed by atoms with van der Waals surface area (Å²) >= 11 is 0. The Morgan fingerprint density at radius 3 is 2.64 bits per heavy atom. The maximum absolute atomic E-state index is 10.4. The van der Waals surface area contributed by atoms with Gasteiger partial charge in [-0.2, -0.15) is 0 Å². The second-order valence-corrected chi connectivity index (χ2v) is 2.66. The number of carbonyl (C=O) groups is 1. The molecule has 1 heterocycles. The average Bonchev–Trinajstić information content (AvgIpc) is 2.33. The molecule has 62 valence electrons. The second-order valence-electron chi connectivity index (χ2n) is 2.66. The van der Waals surface area contributed by atoms with Crippen molar-refractivity contribution >= 4 is 11.9 Å². The first-order chi connectivity index (χ1) is 5.11. The monoisotopic (exact) mass is 157 g/mol. The predicted octanol–water partition coefficient (Wildman–Crippen LogP) is -0.714. The van der Waals surface area contributed by atoms with Crippen molar-refractivity contribution in [3.63, 3.8) is 0 Å². The van der Waals surface area contributed by atoms with Crippen molar-refractivity contribution in [2.24, 2.45) is 11.7 Å². The van der Waals surface area contributed by atoms with Crippen LogP contribution in [0.15, 0.2) is 0 Å². The van der Waals surface area contributed by atoms with E-state index in [1.807, 2.05) is 0 Å². The number of hydrogen-bond donors (Lipinski definition) is 3. The Morgan fingerprint density at radius 2 is 2.36 bits per heavy atom. The minimum atomic E-state index is -0.797. The molecule has 5 heteroatoms. The lowest BCUT2D eigenvalue weighted by atomic mass is 10.1. The van der Waals surface area contributed by atoms with E-state index in [1.165, 1.54) is 0 Å². The maximum Gasteiger partial charge on any atom is 0.308 e. The molecular weight excluding hydrogens is 146 g/mol. The molecule has 0 aromatic heterocycles. The first-order valence-corrected chi connectivity index (χ1v) is 3.43. The molecule has 0 radical (unpaired) electrons. The van der Waals surface area contributed by atoms with Crippen LogP contribution >= 0.6 is 0 Å². The summed E-state index contributed by atoms with van der Waals surface area (Å²) < 4.78 is 0. The van der Waals surface area contributed by atoms with E-state index in [1.54, 1.807) is 4.90 Å². The summed E-state index contributed by atoms with van der Waals surface area (Å²) in [6.45, 7) is 0.969. The Bertz CT molecular complexity index is 172. The van der Waals surface area contributed by atoms with Crippen molar-refractivity contribution in [3.8, 4) is 0 Å². The van der Waals surface area contributed by atoms with Gasteiger partial charge in [-0.25, -0.2) is 0 Å². The van der Waals surface area contributed by atoms with Crippen LogP contribution < -0.4 is 5.73 Å². The van der Waals surface area contributed by atoms with Crippen molar-refractivity contribution in [2.75, 3.05) is 13.1 Å². The predicted molar refractivity (Wildman–Crippen MR) is 39.2 cm³/mol. The smallest absolute Gasteiger partial charge is 0.308 e. The first-order valence-electron chi connectivity index (χ1n) is 3.43. The quantitative estimate of drug-likeness (QED) is 0.346. The topological polar surface area (TPSA) is 90.4 Å². The number of carboxylic acid groups (broad SMARTS) is 1. The van der Waals surface area contributed by atoms with Crippen LogP contribution in [0.25, 0.3) is 0 Å². The average molecular weight is 157 g/mol. The second kappa shape index (κ2) is 2.77. The van der Waals surface area contributed by atoms with E-state index < -0.39 is 5.97 Å². The molecule has 4 N–H and O–H groups in total. The van der Waals surface area contributed by atoms with Gasteiger partial charge in [0.25, 0.3) is 0 Å². The zero-order valence-electron chi connectivity index (χ0n) is 6.08. The van der Waals surface area contributed by atoms with E-state index in [-0.39, 0.29) is 11.9 Å². The van der Waals surface area contributed by atoms with Gasteiger partial charge in [0.1, 0.15) is 0 Å². The summed E-state index contributed by atoms with van der Waals surface area (Å²) in [5.41, 5.74) is 5.18. The molecular formula is C6H11N3O2. The maximum atomic E-state index is 10.4. The lowest BCUT2D eigenvalue weighted by Gasteiger charge is -2.13. The molecule has 1 aliphatic rings. The number of guanidine groups is 1. The minimum absolute atomic E-state index is 0.0336. The first kappa shape index (κ1) is 7.84. The van der Waals surface area contributed by atoms with Gasteiger partial charge in [0.15, 0.2) is 5.96 Å². The van der Waals surface area contributed by atoms with E-state index in [0.29, 0.717) is 19.5 Å². The highest BCUT2D eigenvalue weighted by atomic mass is 16.4. The van der Waals surface area contributed by atoms with Crippen LogP contribution in [0.3, 0.4) is 0 Å². The van der Waals surface area contributed by atoms with E-state index >= 15 is 0 Å². The van der Waals surface area contributed by atoms with Crippen molar-refractivity contribution < 1.29 is 9.90 Å². The van der Waals surface area contributed by atoms with Gasteiger partial charge in [0.05, 0.1) is 5.92 Å². The van der Waals surface area contributed by atoms with Crippen LogP contribution in [0.4, 0.5) is 0 Å². The fraction of sp³-hybridized carbons (Fsp3) is 0.667. The third-order valence-electron chi connectivity index (χ3n) is 1.88. The molecule has 0 aromatic carbocycles. The number of carboxylic acids is 1. The summed E-state index contributed by atoms with van der Waals surface area (Å²) in [5.74, 6) is -1.18. The van der Waals surface area contributed by atoms with E-state index in [9.17, 15) is 4.79 Å². The molecule has 1 rings (SSSR count). The number of rotatable bonds is 1. The van der Waals surface area contributed by atoms with Gasteiger partial charge in [0.2, 0.25) is 0 Å². The van der Waals surface area contributed by atoms with Gasteiger partial charge in [-0.3, -0.25) is 10.2 Å². The summed E-state index contributed by atoms with van der Waals surface area (Å²) in [4.78, 5) is 12.0. The van der Waals surface area contributed by atoms with Crippen LogP contribution in [0.1, 0.15) is 6.42 Å². The van der Waals surface area contributed by atoms with E-state index in [4.69, 9.17) is 16.2 Å². The summed E-state index contributed by atoms with van der Waals surface area (Å²) in [7, 11) is 0. The minimum Gasteiger partial charge on any atom is -0.481 e. The molecule has 5 nitrogen and oxygen atoms in total. The fourth-order valence-electron chi connectivity index (χ4n) is 1.18. The van der Waals surface area contributed by atoms with Gasteiger partial charge in [0, 0.05) is 13.1 Å². The number of nitrogens with two attached hydrogens (primary N) is 1. The molecule has 1 fully saturated rings. The molecule has 1 saturated heterocycles. The fourth-order valence-corrected chi connectivity index (χ4v) is 1.18. The highest BCUT2D eigenvalue weighted by Gasteiger charge is 2.28. The third kappa shape index (κ3) is 1.60. The number of nitrogens with zero attached hydrogens (tertiary/aromatic N) is 1. The van der Waals surface area contributed by atoms with Crippen LogP contribution in [0.2, 0.25) is 0 Å². The molecule has 0 spiro atoms. The molecule has 1 unspecified atom stereocenters. The lowest BCUT2D eigenvalue weighted by Crippen LogP contribution is -2.35. The van der Waals surface area contributed by atoms with Crippen molar-refractivity contribution in [1.82, 2.24) is 4.90 Å². The Labute approximate surface area is 64.3 Å². The lowest BCUT2D eigenvalue weighted by molar-refractivity contribution is -0.141. The molecule has 1 aliphatic heterocycles. The number of aliphatic carboxylic acids is 1. The molecule has 0 bridgehead atoms. The Morgan fingerprint density at radius 1 is 1.73 bits per heavy atom. The zero-order chi connectivity index (χ0) is 8.43. The van der Waals surface area contributed by atoms with Crippen molar-refractivity contribution in [3.05, 3.63) is 0 Å². The molecule has 0 aromatic rings.